The normalized spacial score (nSPS) is 32.5. The first-order valence-electron chi connectivity index (χ1n) is 14.0. The highest BCUT2D eigenvalue weighted by molar-refractivity contribution is 5.87. The predicted molar refractivity (Wildman–Crippen MR) is 146 cm³/mol. The molecule has 0 saturated carbocycles. The maximum absolute atomic E-state index is 12.3. The van der Waals surface area contributed by atoms with Gasteiger partial charge in [0.15, 0.2) is 6.29 Å². The molecular formula is C29H45N3O7. The fourth-order valence-electron chi connectivity index (χ4n) is 5.24. The first-order chi connectivity index (χ1) is 18.5. The van der Waals surface area contributed by atoms with Crippen LogP contribution in [0.25, 0.3) is 0 Å². The molecular weight excluding hydrogens is 502 g/mol. The van der Waals surface area contributed by atoms with Crippen molar-refractivity contribution in [2.45, 2.75) is 82.7 Å². The number of hydrogen-bond donors (Lipinski definition) is 1. The third-order valence-corrected chi connectivity index (χ3v) is 7.43. The molecule has 1 N–H and O–H groups in total. The second-order valence-corrected chi connectivity index (χ2v) is 11.9. The fourth-order valence-corrected chi connectivity index (χ4v) is 5.24. The molecule has 1 spiro atoms. The summed E-state index contributed by atoms with van der Waals surface area (Å²) in [6.45, 7) is 12.5. The van der Waals surface area contributed by atoms with E-state index in [2.05, 4.69) is 49.2 Å². The molecule has 4 heterocycles. The molecule has 0 aromatic rings. The Kier molecular flexibility index (Phi) is 9.87. The van der Waals surface area contributed by atoms with Crippen LogP contribution in [-0.4, -0.2) is 111 Å². The van der Waals surface area contributed by atoms with Crippen LogP contribution in [0.15, 0.2) is 36.0 Å². The van der Waals surface area contributed by atoms with E-state index in [4.69, 9.17) is 23.7 Å². The number of hydrogen-bond acceptors (Lipinski definition) is 8. The molecule has 10 nitrogen and oxygen atoms in total. The summed E-state index contributed by atoms with van der Waals surface area (Å²) in [6.07, 6.45) is 10.6. The van der Waals surface area contributed by atoms with Crippen molar-refractivity contribution in [2.75, 3.05) is 53.0 Å². The van der Waals surface area contributed by atoms with Crippen molar-refractivity contribution in [2.24, 2.45) is 0 Å². The zero-order chi connectivity index (χ0) is 28.0. The summed E-state index contributed by atoms with van der Waals surface area (Å²) in [6, 6.07) is -0.240. The van der Waals surface area contributed by atoms with Gasteiger partial charge in [-0.05, 0) is 40.8 Å². The maximum Gasteiger partial charge on any atom is 0.410 e. The van der Waals surface area contributed by atoms with Crippen molar-refractivity contribution in [3.05, 3.63) is 36.0 Å². The number of carbonyl (C=O) groups is 2. The summed E-state index contributed by atoms with van der Waals surface area (Å²) in [4.78, 5) is 28.4. The molecule has 3 atom stereocenters. The van der Waals surface area contributed by atoms with Crippen LogP contribution in [0.1, 0.15) is 47.0 Å². The molecule has 4 aliphatic rings. The molecule has 0 aromatic heterocycles. The number of carbonyl (C=O) groups excluding carboxylic acids is 2. The summed E-state index contributed by atoms with van der Waals surface area (Å²) in [5.41, 5.74) is 0.945. The van der Waals surface area contributed by atoms with Gasteiger partial charge in [-0.2, -0.15) is 0 Å². The molecule has 4 rings (SSSR count). The van der Waals surface area contributed by atoms with Crippen LogP contribution in [0, 0.1) is 0 Å². The summed E-state index contributed by atoms with van der Waals surface area (Å²) in [7, 11) is 2.03. The lowest BCUT2D eigenvalue weighted by atomic mass is 9.85. The molecule has 3 unspecified atom stereocenters. The van der Waals surface area contributed by atoms with Crippen LogP contribution in [0.4, 0.5) is 4.79 Å². The predicted octanol–water partition coefficient (Wildman–Crippen LogP) is 2.79. The van der Waals surface area contributed by atoms with E-state index in [-0.39, 0.29) is 41.6 Å². The topological polar surface area (TPSA) is 102 Å². The average Bonchev–Trinajstić information content (AvgIpc) is 3.62. The van der Waals surface area contributed by atoms with E-state index in [1.165, 1.54) is 6.08 Å². The molecule has 0 aromatic carbocycles. The van der Waals surface area contributed by atoms with Gasteiger partial charge in [0.25, 0.3) is 0 Å². The summed E-state index contributed by atoms with van der Waals surface area (Å²) in [5.74, 6) is -0.277. The lowest BCUT2D eigenvalue weighted by Gasteiger charge is -2.38. The molecule has 39 heavy (non-hydrogen) atoms. The van der Waals surface area contributed by atoms with Crippen LogP contribution in [0.5, 0.6) is 0 Å². The Morgan fingerprint density at radius 1 is 1.13 bits per heavy atom. The number of rotatable bonds is 8. The molecule has 0 radical (unpaired) electrons. The maximum atomic E-state index is 12.3. The second-order valence-electron chi connectivity index (χ2n) is 11.9. The van der Waals surface area contributed by atoms with Crippen molar-refractivity contribution in [1.82, 2.24) is 15.1 Å². The third kappa shape index (κ3) is 9.42. The zero-order valence-electron chi connectivity index (χ0n) is 24.0. The first-order valence-corrected chi connectivity index (χ1v) is 14.0. The minimum Gasteiger partial charge on any atom is -0.442 e. The SMILES string of the molecule is CC(C=CC1CC2(CO2)CC(C)(C)O1)=CCC1OCC(NC(=O)C=CC(C)OC(=O)N2CCN(C)CC2)CO1. The molecule has 2 amide bonds. The first kappa shape index (κ1) is 29.7. The smallest absolute Gasteiger partial charge is 0.410 e. The van der Waals surface area contributed by atoms with Gasteiger partial charge in [0.1, 0.15) is 6.10 Å². The highest BCUT2D eigenvalue weighted by Gasteiger charge is 2.53. The van der Waals surface area contributed by atoms with Crippen LogP contribution < -0.4 is 5.32 Å². The minimum absolute atomic E-state index is 0.00948. The standard InChI is InChI=1S/C29H45N3O7/c1-21(6-9-24-16-29(20-37-29)19-28(3,4)39-24)7-11-26-35-17-23(18-36-26)30-25(33)10-8-22(2)38-27(34)32-14-12-31(5)13-15-32/h6-10,22-24,26H,11-20H2,1-5H3,(H,30,33). The minimum atomic E-state index is -0.505. The van der Waals surface area contributed by atoms with E-state index in [1.807, 2.05) is 7.05 Å². The van der Waals surface area contributed by atoms with Crippen molar-refractivity contribution in [1.29, 1.82) is 0 Å². The van der Waals surface area contributed by atoms with Gasteiger partial charge in [-0.25, -0.2) is 4.79 Å². The van der Waals surface area contributed by atoms with Crippen molar-refractivity contribution in [3.63, 3.8) is 0 Å². The average molecular weight is 548 g/mol. The third-order valence-electron chi connectivity index (χ3n) is 7.43. The number of nitrogens with zero attached hydrogens (tertiary/aromatic N) is 2. The summed E-state index contributed by atoms with van der Waals surface area (Å²) in [5, 5.41) is 2.87. The Balaban J connectivity index is 1.11. The van der Waals surface area contributed by atoms with E-state index >= 15 is 0 Å². The van der Waals surface area contributed by atoms with Crippen molar-refractivity contribution >= 4 is 12.0 Å². The second kappa shape index (κ2) is 13.0. The highest BCUT2D eigenvalue weighted by Crippen LogP contribution is 2.46. The van der Waals surface area contributed by atoms with Gasteiger partial charge in [0.05, 0.1) is 43.2 Å². The van der Waals surface area contributed by atoms with E-state index in [1.54, 1.807) is 17.9 Å². The Labute approximate surface area is 232 Å². The lowest BCUT2D eigenvalue weighted by Crippen LogP contribution is -2.47. The molecule has 10 heteroatoms. The summed E-state index contributed by atoms with van der Waals surface area (Å²) >= 11 is 0. The van der Waals surface area contributed by atoms with Crippen LogP contribution in [0.2, 0.25) is 0 Å². The Morgan fingerprint density at radius 3 is 2.49 bits per heavy atom. The van der Waals surface area contributed by atoms with Crippen LogP contribution in [0.3, 0.4) is 0 Å². The highest BCUT2D eigenvalue weighted by atomic mass is 16.7. The number of ether oxygens (including phenoxy) is 5. The van der Waals surface area contributed by atoms with Gasteiger partial charge < -0.3 is 38.8 Å². The number of nitrogens with one attached hydrogen (secondary N) is 1. The summed E-state index contributed by atoms with van der Waals surface area (Å²) < 4.78 is 29.0. The van der Waals surface area contributed by atoms with Gasteiger partial charge in [-0.1, -0.05) is 23.8 Å². The van der Waals surface area contributed by atoms with Gasteiger partial charge >= 0.3 is 6.09 Å². The number of piperazine rings is 1. The Hall–Kier alpha value is -2.24. The number of likely N-dealkylation sites (N-methyl/N-ethyl adjacent to an activating group) is 1. The van der Waals surface area contributed by atoms with Crippen LogP contribution >= 0.6 is 0 Å². The number of allylic oxidation sites excluding steroid dienone is 2. The van der Waals surface area contributed by atoms with Gasteiger partial charge in [0.2, 0.25) is 5.91 Å². The monoisotopic (exact) mass is 547 g/mol. The van der Waals surface area contributed by atoms with E-state index < -0.39 is 6.10 Å². The van der Waals surface area contributed by atoms with Gasteiger partial charge in [-0.3, -0.25) is 4.79 Å². The van der Waals surface area contributed by atoms with Crippen molar-refractivity contribution < 1.29 is 33.3 Å². The van der Waals surface area contributed by atoms with E-state index in [0.29, 0.717) is 32.7 Å². The van der Waals surface area contributed by atoms with E-state index in [9.17, 15) is 9.59 Å². The zero-order valence-corrected chi connectivity index (χ0v) is 24.0. The van der Waals surface area contributed by atoms with E-state index in [0.717, 1.165) is 38.1 Å². The molecule has 218 valence electrons. The van der Waals surface area contributed by atoms with Gasteiger partial charge in [0, 0.05) is 51.5 Å². The number of amides is 2. The fraction of sp³-hybridized carbons (Fsp3) is 0.724. The largest absolute Gasteiger partial charge is 0.442 e. The molecule has 0 bridgehead atoms. The number of epoxide rings is 1. The molecule has 0 aliphatic carbocycles. The lowest BCUT2D eigenvalue weighted by molar-refractivity contribution is -0.187. The van der Waals surface area contributed by atoms with Crippen LogP contribution in [-0.2, 0) is 28.5 Å². The molecule has 4 fully saturated rings. The molecule has 4 aliphatic heterocycles. The Morgan fingerprint density at radius 2 is 1.82 bits per heavy atom. The van der Waals surface area contributed by atoms with Crippen molar-refractivity contribution in [3.8, 4) is 0 Å². The Bertz CT molecular complexity index is 937. The quantitative estimate of drug-likeness (QED) is 0.281. The van der Waals surface area contributed by atoms with Gasteiger partial charge in [-0.15, -0.1) is 0 Å². The molecule has 4 saturated heterocycles.